The molecule has 1 unspecified atom stereocenters. The summed E-state index contributed by atoms with van der Waals surface area (Å²) < 4.78 is 13.7. The van der Waals surface area contributed by atoms with Crippen molar-refractivity contribution < 1.29 is 14.0 Å². The highest BCUT2D eigenvalue weighted by Crippen LogP contribution is 2.26. The van der Waals surface area contributed by atoms with E-state index >= 15 is 0 Å². The molecule has 108 valence electrons. The number of hydrogen-bond acceptors (Lipinski definition) is 4. The number of nitrogen functional groups attached to an aromatic ring is 1. The largest absolute Gasteiger partial charge is 0.398 e. The molecule has 0 radical (unpaired) electrons. The van der Waals surface area contributed by atoms with Crippen LogP contribution in [0.1, 0.15) is 18.9 Å². The number of likely N-dealkylation sites (tertiary alicyclic amines) is 1. The summed E-state index contributed by atoms with van der Waals surface area (Å²) in [7, 11) is 0. The molecule has 0 saturated carbocycles. The maximum absolute atomic E-state index is 13.7. The molecule has 1 fully saturated rings. The van der Waals surface area contributed by atoms with Crippen molar-refractivity contribution in [1.29, 1.82) is 0 Å². The van der Waals surface area contributed by atoms with Crippen molar-refractivity contribution in [3.8, 4) is 0 Å². The highest BCUT2D eigenvalue weighted by molar-refractivity contribution is 8.13. The first kappa shape index (κ1) is 14.8. The first-order valence-corrected chi connectivity index (χ1v) is 7.40. The Hall–Kier alpha value is -1.56. The highest BCUT2D eigenvalue weighted by Gasteiger charge is 2.30. The zero-order chi connectivity index (χ0) is 14.7. The molecule has 1 aliphatic rings. The van der Waals surface area contributed by atoms with E-state index in [1.54, 1.807) is 17.0 Å². The number of halogens is 1. The SMILES string of the molecule is CC(=O)SCC1CC(=O)N(Cc2c(N)cccc2F)C1. The molecule has 1 aromatic rings. The number of amides is 1. The van der Waals surface area contributed by atoms with E-state index in [9.17, 15) is 14.0 Å². The second kappa shape index (κ2) is 6.26. The van der Waals surface area contributed by atoms with Crippen LogP contribution in [0.5, 0.6) is 0 Å². The lowest BCUT2D eigenvalue weighted by molar-refractivity contribution is -0.128. The maximum Gasteiger partial charge on any atom is 0.223 e. The van der Waals surface area contributed by atoms with Crippen molar-refractivity contribution in [3.05, 3.63) is 29.6 Å². The molecule has 1 atom stereocenters. The average Bonchev–Trinajstić information content (AvgIpc) is 2.72. The van der Waals surface area contributed by atoms with Crippen LogP contribution < -0.4 is 5.73 Å². The molecular weight excluding hydrogens is 279 g/mol. The Morgan fingerprint density at radius 2 is 2.30 bits per heavy atom. The quantitative estimate of drug-likeness (QED) is 0.864. The molecule has 20 heavy (non-hydrogen) atoms. The van der Waals surface area contributed by atoms with Gasteiger partial charge >= 0.3 is 0 Å². The molecule has 2 rings (SSSR count). The van der Waals surface area contributed by atoms with Gasteiger partial charge in [0.2, 0.25) is 5.91 Å². The van der Waals surface area contributed by atoms with E-state index in [2.05, 4.69) is 0 Å². The number of hydrogen-bond donors (Lipinski definition) is 1. The molecule has 0 spiro atoms. The fraction of sp³-hybridized carbons (Fsp3) is 0.429. The van der Waals surface area contributed by atoms with Crippen LogP contribution in [0.3, 0.4) is 0 Å². The van der Waals surface area contributed by atoms with Gasteiger partial charge in [-0.3, -0.25) is 9.59 Å². The summed E-state index contributed by atoms with van der Waals surface area (Å²) in [5.41, 5.74) is 6.47. The van der Waals surface area contributed by atoms with Crippen molar-refractivity contribution >= 4 is 28.5 Å². The van der Waals surface area contributed by atoms with Crippen LogP contribution in [0.4, 0.5) is 10.1 Å². The average molecular weight is 296 g/mol. The van der Waals surface area contributed by atoms with Crippen LogP contribution in [0.15, 0.2) is 18.2 Å². The van der Waals surface area contributed by atoms with Crippen LogP contribution >= 0.6 is 11.8 Å². The van der Waals surface area contributed by atoms with E-state index < -0.39 is 0 Å². The van der Waals surface area contributed by atoms with Gasteiger partial charge in [-0.1, -0.05) is 17.8 Å². The van der Waals surface area contributed by atoms with E-state index in [-0.39, 0.29) is 29.3 Å². The number of nitrogens with two attached hydrogens (primary N) is 1. The topological polar surface area (TPSA) is 63.4 Å². The number of nitrogens with zero attached hydrogens (tertiary/aromatic N) is 1. The first-order valence-electron chi connectivity index (χ1n) is 6.41. The molecular formula is C14H17FN2O2S. The van der Waals surface area contributed by atoms with Gasteiger partial charge < -0.3 is 10.6 Å². The zero-order valence-electron chi connectivity index (χ0n) is 11.3. The third-order valence-electron chi connectivity index (χ3n) is 3.32. The zero-order valence-corrected chi connectivity index (χ0v) is 12.1. The maximum atomic E-state index is 13.7. The summed E-state index contributed by atoms with van der Waals surface area (Å²) in [4.78, 5) is 24.5. The van der Waals surface area contributed by atoms with Gasteiger partial charge in [-0.15, -0.1) is 0 Å². The van der Waals surface area contributed by atoms with Crippen LogP contribution in [0.25, 0.3) is 0 Å². The third-order valence-corrected chi connectivity index (χ3v) is 4.37. The van der Waals surface area contributed by atoms with Gasteiger partial charge in [-0.2, -0.15) is 0 Å². The van der Waals surface area contributed by atoms with Crippen LogP contribution in [-0.4, -0.2) is 28.2 Å². The van der Waals surface area contributed by atoms with E-state index in [1.165, 1.54) is 24.8 Å². The molecule has 0 bridgehead atoms. The minimum absolute atomic E-state index is 0.0122. The number of carbonyl (C=O) groups is 2. The van der Waals surface area contributed by atoms with Crippen molar-refractivity contribution in [3.63, 3.8) is 0 Å². The van der Waals surface area contributed by atoms with Crippen molar-refractivity contribution in [1.82, 2.24) is 4.90 Å². The van der Waals surface area contributed by atoms with Crippen molar-refractivity contribution in [2.75, 3.05) is 18.0 Å². The summed E-state index contributed by atoms with van der Waals surface area (Å²) in [5, 5.41) is 0.0502. The Kier molecular flexibility index (Phi) is 4.65. The molecule has 1 aromatic carbocycles. The number of benzene rings is 1. The smallest absolute Gasteiger partial charge is 0.223 e. The fourth-order valence-electron chi connectivity index (χ4n) is 2.29. The summed E-state index contributed by atoms with van der Waals surface area (Å²) in [6, 6.07) is 4.52. The number of anilines is 1. The van der Waals surface area contributed by atoms with Gasteiger partial charge in [0.15, 0.2) is 5.12 Å². The van der Waals surface area contributed by atoms with Crippen LogP contribution in [-0.2, 0) is 16.1 Å². The predicted molar refractivity (Wildman–Crippen MR) is 77.5 cm³/mol. The summed E-state index contributed by atoms with van der Waals surface area (Å²) in [6.45, 7) is 2.25. The number of carbonyl (C=O) groups excluding carboxylic acids is 2. The molecule has 1 heterocycles. The van der Waals surface area contributed by atoms with E-state index in [1.807, 2.05) is 0 Å². The Balaban J connectivity index is 2.00. The van der Waals surface area contributed by atoms with Gasteiger partial charge in [-0.25, -0.2) is 4.39 Å². The molecule has 1 saturated heterocycles. The first-order chi connectivity index (χ1) is 9.47. The van der Waals surface area contributed by atoms with E-state index in [4.69, 9.17) is 5.73 Å². The Labute approximate surface area is 121 Å². The standard InChI is InChI=1S/C14H17FN2O2S/c1-9(18)20-8-10-5-14(19)17(6-10)7-11-12(15)3-2-4-13(11)16/h2-4,10H,5-8,16H2,1H3. The van der Waals surface area contributed by atoms with Gasteiger partial charge in [0, 0.05) is 36.9 Å². The van der Waals surface area contributed by atoms with E-state index in [0.29, 0.717) is 30.0 Å². The minimum Gasteiger partial charge on any atom is -0.398 e. The Bertz CT molecular complexity index is 516. The second-order valence-electron chi connectivity index (χ2n) is 4.95. The molecule has 0 aromatic heterocycles. The van der Waals surface area contributed by atoms with Gasteiger partial charge in [0.05, 0.1) is 6.54 Å². The summed E-state index contributed by atoms with van der Waals surface area (Å²) in [6.07, 6.45) is 0.411. The monoisotopic (exact) mass is 296 g/mol. The lowest BCUT2D eigenvalue weighted by atomic mass is 10.1. The molecule has 2 N–H and O–H groups in total. The Morgan fingerprint density at radius 3 is 2.95 bits per heavy atom. The fourth-order valence-corrected chi connectivity index (χ4v) is 2.98. The highest BCUT2D eigenvalue weighted by atomic mass is 32.2. The molecule has 6 heteroatoms. The number of rotatable bonds is 4. The molecule has 0 aliphatic carbocycles. The second-order valence-corrected chi connectivity index (χ2v) is 6.15. The predicted octanol–water partition coefficient (Wildman–Crippen LogP) is 2.04. The van der Waals surface area contributed by atoms with E-state index in [0.717, 1.165) is 0 Å². The van der Waals surface area contributed by atoms with Crippen LogP contribution in [0.2, 0.25) is 0 Å². The van der Waals surface area contributed by atoms with Gasteiger partial charge in [0.1, 0.15) is 5.82 Å². The number of thioether (sulfide) groups is 1. The molecule has 1 amide bonds. The van der Waals surface area contributed by atoms with Crippen LogP contribution in [0, 0.1) is 11.7 Å². The summed E-state index contributed by atoms with van der Waals surface area (Å²) >= 11 is 1.23. The molecule has 4 nitrogen and oxygen atoms in total. The summed E-state index contributed by atoms with van der Waals surface area (Å²) in [5.74, 6) is 0.371. The van der Waals surface area contributed by atoms with Gasteiger partial charge in [-0.05, 0) is 18.1 Å². The van der Waals surface area contributed by atoms with Crippen molar-refractivity contribution in [2.24, 2.45) is 5.92 Å². The Morgan fingerprint density at radius 1 is 1.55 bits per heavy atom. The molecule has 1 aliphatic heterocycles. The normalized spacial score (nSPS) is 18.6. The van der Waals surface area contributed by atoms with Gasteiger partial charge in [0.25, 0.3) is 0 Å². The van der Waals surface area contributed by atoms with Crippen molar-refractivity contribution in [2.45, 2.75) is 19.9 Å². The minimum atomic E-state index is -0.389. The lowest BCUT2D eigenvalue weighted by Crippen LogP contribution is -2.26. The lowest BCUT2D eigenvalue weighted by Gasteiger charge is -2.18. The third kappa shape index (κ3) is 3.50.